The van der Waals surface area contributed by atoms with Crippen LogP contribution < -0.4 is 5.32 Å². The van der Waals surface area contributed by atoms with Crippen LogP contribution in [-0.4, -0.2) is 9.91 Å². The molecule has 19 heavy (non-hydrogen) atoms. The van der Waals surface area contributed by atoms with Crippen molar-refractivity contribution in [3.8, 4) is 0 Å². The second kappa shape index (κ2) is 5.67. The number of hydrogen-bond donors (Lipinski definition) is 1. The highest BCUT2D eigenvalue weighted by Crippen LogP contribution is 2.22. The van der Waals surface area contributed by atoms with Gasteiger partial charge in [0.1, 0.15) is 5.15 Å². The van der Waals surface area contributed by atoms with Gasteiger partial charge in [0.25, 0.3) is 5.69 Å². The number of rotatable bonds is 4. The highest BCUT2D eigenvalue weighted by Gasteiger charge is 2.10. The number of non-ortho nitro benzene ring substituents is 1. The van der Waals surface area contributed by atoms with Crippen molar-refractivity contribution in [2.45, 2.75) is 13.0 Å². The van der Waals surface area contributed by atoms with E-state index in [2.05, 4.69) is 10.3 Å². The minimum atomic E-state index is -0.403. The first-order chi connectivity index (χ1) is 9.06. The Morgan fingerprint density at radius 2 is 2.16 bits per heavy atom. The molecule has 1 aromatic carbocycles. The summed E-state index contributed by atoms with van der Waals surface area (Å²) >= 11 is 5.71. The van der Waals surface area contributed by atoms with Crippen LogP contribution >= 0.6 is 11.6 Å². The van der Waals surface area contributed by atoms with E-state index in [1.165, 1.54) is 6.07 Å². The third kappa shape index (κ3) is 3.42. The predicted molar refractivity (Wildman–Crippen MR) is 74.4 cm³/mol. The number of anilines is 1. The normalized spacial score (nSPS) is 11.9. The van der Waals surface area contributed by atoms with E-state index in [9.17, 15) is 10.1 Å². The van der Waals surface area contributed by atoms with Gasteiger partial charge in [-0.05, 0) is 24.6 Å². The van der Waals surface area contributed by atoms with Crippen LogP contribution in [0.1, 0.15) is 18.5 Å². The fourth-order valence-electron chi connectivity index (χ4n) is 1.70. The van der Waals surface area contributed by atoms with Gasteiger partial charge in [0, 0.05) is 18.2 Å². The smallest absolute Gasteiger partial charge is 0.269 e. The third-order valence-corrected chi connectivity index (χ3v) is 2.92. The van der Waals surface area contributed by atoms with Gasteiger partial charge in [-0.3, -0.25) is 10.1 Å². The van der Waals surface area contributed by atoms with Gasteiger partial charge in [-0.15, -0.1) is 0 Å². The molecule has 98 valence electrons. The van der Waals surface area contributed by atoms with Crippen LogP contribution in [-0.2, 0) is 0 Å². The Labute approximate surface area is 115 Å². The first kappa shape index (κ1) is 13.3. The zero-order chi connectivity index (χ0) is 13.8. The Balaban J connectivity index is 2.15. The maximum atomic E-state index is 10.7. The van der Waals surface area contributed by atoms with E-state index in [4.69, 9.17) is 11.6 Å². The van der Waals surface area contributed by atoms with E-state index in [0.717, 1.165) is 11.3 Å². The van der Waals surface area contributed by atoms with E-state index in [0.29, 0.717) is 5.15 Å². The summed E-state index contributed by atoms with van der Waals surface area (Å²) in [5.41, 5.74) is 1.73. The second-order valence-corrected chi connectivity index (χ2v) is 4.47. The molecule has 0 spiro atoms. The van der Waals surface area contributed by atoms with Gasteiger partial charge in [0.05, 0.1) is 16.8 Å². The molecule has 1 N–H and O–H groups in total. The first-order valence-electron chi connectivity index (χ1n) is 5.68. The van der Waals surface area contributed by atoms with Crippen molar-refractivity contribution in [2.24, 2.45) is 0 Å². The summed E-state index contributed by atoms with van der Waals surface area (Å²) < 4.78 is 0. The Hall–Kier alpha value is -2.14. The lowest BCUT2D eigenvalue weighted by molar-refractivity contribution is -0.384. The maximum absolute atomic E-state index is 10.7. The molecule has 0 aliphatic rings. The monoisotopic (exact) mass is 277 g/mol. The zero-order valence-corrected chi connectivity index (χ0v) is 11.0. The molecular formula is C13H12ClN3O2. The first-order valence-corrected chi connectivity index (χ1v) is 6.06. The molecule has 1 unspecified atom stereocenters. The molecule has 0 saturated heterocycles. The summed E-state index contributed by atoms with van der Waals surface area (Å²) in [6.45, 7) is 1.92. The molecule has 0 aliphatic heterocycles. The summed E-state index contributed by atoms with van der Waals surface area (Å²) in [5, 5.41) is 14.4. The van der Waals surface area contributed by atoms with E-state index >= 15 is 0 Å². The number of aromatic nitrogens is 1. The molecule has 1 heterocycles. The minimum absolute atomic E-state index is 0.0668. The number of nitro benzene ring substituents is 1. The van der Waals surface area contributed by atoms with E-state index < -0.39 is 4.92 Å². The van der Waals surface area contributed by atoms with Gasteiger partial charge in [0.15, 0.2) is 0 Å². The Kier molecular flexibility index (Phi) is 3.97. The average Bonchev–Trinajstić information content (AvgIpc) is 2.41. The van der Waals surface area contributed by atoms with Gasteiger partial charge >= 0.3 is 0 Å². The van der Waals surface area contributed by atoms with Crippen molar-refractivity contribution in [1.29, 1.82) is 0 Å². The Bertz CT molecular complexity index is 587. The standard InChI is InChI=1S/C13H12ClN3O2/c1-9(16-11-5-6-13(14)15-8-11)10-3-2-4-12(7-10)17(18)19/h2-9,16H,1H3. The molecule has 6 heteroatoms. The minimum Gasteiger partial charge on any atom is -0.377 e. The van der Waals surface area contributed by atoms with Gasteiger partial charge in [-0.1, -0.05) is 23.7 Å². The highest BCUT2D eigenvalue weighted by atomic mass is 35.5. The van der Waals surface area contributed by atoms with Crippen LogP contribution in [0, 0.1) is 10.1 Å². The molecule has 0 saturated carbocycles. The van der Waals surface area contributed by atoms with Gasteiger partial charge in [-0.25, -0.2) is 4.98 Å². The SMILES string of the molecule is CC(Nc1ccc(Cl)nc1)c1cccc([N+](=O)[O-])c1. The predicted octanol–water partition coefficient (Wildman–Crippen LogP) is 3.82. The van der Waals surface area contributed by atoms with Crippen LogP contribution in [0.4, 0.5) is 11.4 Å². The lowest BCUT2D eigenvalue weighted by Crippen LogP contribution is -2.07. The number of halogens is 1. The molecule has 5 nitrogen and oxygen atoms in total. The summed E-state index contributed by atoms with van der Waals surface area (Å²) in [6, 6.07) is 9.97. The molecule has 0 radical (unpaired) electrons. The molecule has 1 atom stereocenters. The topological polar surface area (TPSA) is 68.1 Å². The number of nitrogens with zero attached hydrogens (tertiary/aromatic N) is 2. The molecule has 2 aromatic rings. The van der Waals surface area contributed by atoms with E-state index in [1.54, 1.807) is 24.4 Å². The van der Waals surface area contributed by atoms with Crippen LogP contribution in [0.15, 0.2) is 42.6 Å². The fourth-order valence-corrected chi connectivity index (χ4v) is 1.81. The van der Waals surface area contributed by atoms with Gasteiger partial charge < -0.3 is 5.32 Å². The third-order valence-electron chi connectivity index (χ3n) is 2.69. The molecule has 0 amide bonds. The zero-order valence-electron chi connectivity index (χ0n) is 10.2. The van der Waals surface area contributed by atoms with Crippen molar-refractivity contribution in [3.63, 3.8) is 0 Å². The number of nitro groups is 1. The van der Waals surface area contributed by atoms with Crippen molar-refractivity contribution >= 4 is 23.0 Å². The van der Waals surface area contributed by atoms with Crippen molar-refractivity contribution in [1.82, 2.24) is 4.98 Å². The number of pyridine rings is 1. The molecule has 0 fully saturated rings. The Morgan fingerprint density at radius 1 is 1.37 bits per heavy atom. The van der Waals surface area contributed by atoms with Crippen LogP contribution in [0.2, 0.25) is 5.15 Å². The van der Waals surface area contributed by atoms with Crippen molar-refractivity contribution < 1.29 is 4.92 Å². The fraction of sp³-hybridized carbons (Fsp3) is 0.154. The summed E-state index contributed by atoms with van der Waals surface area (Å²) in [5.74, 6) is 0. The van der Waals surface area contributed by atoms with Crippen molar-refractivity contribution in [2.75, 3.05) is 5.32 Å². The second-order valence-electron chi connectivity index (χ2n) is 4.09. The maximum Gasteiger partial charge on any atom is 0.269 e. The Morgan fingerprint density at radius 3 is 2.79 bits per heavy atom. The highest BCUT2D eigenvalue weighted by molar-refractivity contribution is 6.29. The van der Waals surface area contributed by atoms with E-state index in [-0.39, 0.29) is 11.7 Å². The average molecular weight is 278 g/mol. The van der Waals surface area contributed by atoms with Crippen molar-refractivity contribution in [3.05, 3.63) is 63.4 Å². The molecule has 0 bridgehead atoms. The molecule has 2 rings (SSSR count). The molecular weight excluding hydrogens is 266 g/mol. The lowest BCUT2D eigenvalue weighted by Gasteiger charge is -2.15. The van der Waals surface area contributed by atoms with Crippen LogP contribution in [0.25, 0.3) is 0 Å². The van der Waals surface area contributed by atoms with Gasteiger partial charge in [-0.2, -0.15) is 0 Å². The molecule has 0 aliphatic carbocycles. The number of nitrogens with one attached hydrogen (secondary N) is 1. The van der Waals surface area contributed by atoms with E-state index in [1.807, 2.05) is 19.1 Å². The lowest BCUT2D eigenvalue weighted by atomic mass is 10.1. The van der Waals surface area contributed by atoms with Crippen LogP contribution in [0.5, 0.6) is 0 Å². The number of benzene rings is 1. The largest absolute Gasteiger partial charge is 0.377 e. The summed E-state index contributed by atoms with van der Waals surface area (Å²) in [7, 11) is 0. The number of hydrogen-bond acceptors (Lipinski definition) is 4. The molecule has 1 aromatic heterocycles. The summed E-state index contributed by atoms with van der Waals surface area (Å²) in [4.78, 5) is 14.3. The van der Waals surface area contributed by atoms with Crippen LogP contribution in [0.3, 0.4) is 0 Å². The summed E-state index contributed by atoms with van der Waals surface area (Å²) in [6.07, 6.45) is 1.62. The van der Waals surface area contributed by atoms with Gasteiger partial charge in [0.2, 0.25) is 0 Å². The quantitative estimate of drug-likeness (QED) is 0.524.